The lowest BCUT2D eigenvalue weighted by Crippen LogP contribution is -2.24. The first kappa shape index (κ1) is 21.6. The topological polar surface area (TPSA) is 87.0 Å². The Morgan fingerprint density at radius 3 is 2.36 bits per heavy atom. The van der Waals surface area contributed by atoms with Crippen molar-refractivity contribution in [3.63, 3.8) is 0 Å². The molecule has 0 radical (unpaired) electrons. The number of carbonyl (C=O) groups is 1. The van der Waals surface area contributed by atoms with Gasteiger partial charge < -0.3 is 23.9 Å². The van der Waals surface area contributed by atoms with Crippen molar-refractivity contribution in [1.29, 1.82) is 0 Å². The maximum absolute atomic E-state index is 12.8. The van der Waals surface area contributed by atoms with Gasteiger partial charge in [0.25, 0.3) is 0 Å². The SMILES string of the molecule is CCCCOc1c2c(OC)c(OC)cc(=O)c-2cn(CC(C)(C)C)c1C(=O)O. The van der Waals surface area contributed by atoms with Gasteiger partial charge in [0.2, 0.25) is 0 Å². The van der Waals surface area contributed by atoms with Crippen LogP contribution in [0.25, 0.3) is 11.1 Å². The zero-order valence-electron chi connectivity index (χ0n) is 17.4. The summed E-state index contributed by atoms with van der Waals surface area (Å²) in [5, 5.41) is 9.97. The Morgan fingerprint density at radius 2 is 1.86 bits per heavy atom. The number of pyridine rings is 1. The molecule has 1 heterocycles. The summed E-state index contributed by atoms with van der Waals surface area (Å²) in [4.78, 5) is 24.9. The van der Waals surface area contributed by atoms with Gasteiger partial charge in [-0.25, -0.2) is 4.79 Å². The number of carboxylic acids is 1. The van der Waals surface area contributed by atoms with Crippen molar-refractivity contribution >= 4 is 5.97 Å². The first-order valence-corrected chi connectivity index (χ1v) is 9.32. The van der Waals surface area contributed by atoms with Crippen molar-refractivity contribution < 1.29 is 24.1 Å². The highest BCUT2D eigenvalue weighted by molar-refractivity contribution is 5.95. The van der Waals surface area contributed by atoms with E-state index in [4.69, 9.17) is 14.2 Å². The molecule has 1 N–H and O–H groups in total. The summed E-state index contributed by atoms with van der Waals surface area (Å²) in [6.07, 6.45) is 3.22. The number of fused-ring (bicyclic) bond motifs is 1. The molecular formula is C21H29NO6. The fourth-order valence-corrected chi connectivity index (χ4v) is 3.12. The van der Waals surface area contributed by atoms with Crippen LogP contribution in [-0.4, -0.2) is 36.5 Å². The third-order valence-corrected chi connectivity index (χ3v) is 4.28. The largest absolute Gasteiger partial charge is 0.493 e. The van der Waals surface area contributed by atoms with Gasteiger partial charge in [0.05, 0.1) is 32.0 Å². The lowest BCUT2D eigenvalue weighted by Gasteiger charge is -2.27. The zero-order valence-corrected chi connectivity index (χ0v) is 17.4. The molecule has 0 saturated heterocycles. The number of benzene rings is 1. The summed E-state index contributed by atoms with van der Waals surface area (Å²) in [5.41, 5.74) is 0.157. The lowest BCUT2D eigenvalue weighted by molar-refractivity contribution is 0.0675. The van der Waals surface area contributed by atoms with Gasteiger partial charge in [-0.05, 0) is 11.8 Å². The Kier molecular flexibility index (Phi) is 6.59. The number of hydrogen-bond acceptors (Lipinski definition) is 5. The van der Waals surface area contributed by atoms with Crippen molar-refractivity contribution in [3.05, 3.63) is 28.2 Å². The highest BCUT2D eigenvalue weighted by atomic mass is 16.5. The summed E-state index contributed by atoms with van der Waals surface area (Å²) in [5.74, 6) is -0.468. The predicted molar refractivity (Wildman–Crippen MR) is 107 cm³/mol. The van der Waals surface area contributed by atoms with Crippen LogP contribution in [-0.2, 0) is 6.54 Å². The normalized spacial score (nSPS) is 11.5. The Balaban J connectivity index is 2.94. The number of methoxy groups -OCH3 is 2. The number of ether oxygens (including phenoxy) is 3. The monoisotopic (exact) mass is 391 g/mol. The molecule has 1 aliphatic carbocycles. The molecule has 0 aromatic heterocycles. The van der Waals surface area contributed by atoms with E-state index in [-0.39, 0.29) is 33.8 Å². The Morgan fingerprint density at radius 1 is 1.18 bits per heavy atom. The highest BCUT2D eigenvalue weighted by Gasteiger charge is 2.31. The molecule has 0 atom stereocenters. The summed E-state index contributed by atoms with van der Waals surface area (Å²) in [6.45, 7) is 8.76. The van der Waals surface area contributed by atoms with E-state index < -0.39 is 5.97 Å². The maximum Gasteiger partial charge on any atom is 0.356 e. The summed E-state index contributed by atoms with van der Waals surface area (Å²) in [6, 6.07) is 1.35. The smallest absolute Gasteiger partial charge is 0.356 e. The third kappa shape index (κ3) is 4.40. The fraction of sp³-hybridized carbons (Fsp3) is 0.524. The summed E-state index contributed by atoms with van der Waals surface area (Å²) in [7, 11) is 2.88. The van der Waals surface area contributed by atoms with Crippen molar-refractivity contribution in [2.24, 2.45) is 5.41 Å². The summed E-state index contributed by atoms with van der Waals surface area (Å²) < 4.78 is 18.3. The second-order valence-corrected chi connectivity index (χ2v) is 7.90. The molecule has 7 nitrogen and oxygen atoms in total. The van der Waals surface area contributed by atoms with Crippen LogP contribution in [0.3, 0.4) is 0 Å². The van der Waals surface area contributed by atoms with E-state index in [1.807, 2.05) is 27.7 Å². The van der Waals surface area contributed by atoms with Crippen LogP contribution in [0.2, 0.25) is 0 Å². The molecule has 2 aliphatic rings. The molecular weight excluding hydrogens is 362 g/mol. The molecule has 0 amide bonds. The van der Waals surface area contributed by atoms with E-state index in [1.54, 1.807) is 10.8 Å². The quantitative estimate of drug-likeness (QED) is 0.687. The van der Waals surface area contributed by atoms with Gasteiger partial charge in [-0.15, -0.1) is 0 Å². The standard InChI is InChI=1S/C21H29NO6/c1-7-8-9-28-19-16-13(14(23)10-15(26-5)18(16)27-6)11-22(12-21(2,3)4)17(19)20(24)25/h10-11H,7-9,12H2,1-6H3,(H,24,25). The zero-order chi connectivity index (χ0) is 21.1. The number of aromatic carboxylic acids is 1. The molecule has 2 rings (SSSR count). The van der Waals surface area contributed by atoms with E-state index in [1.165, 1.54) is 20.3 Å². The molecule has 0 spiro atoms. The number of carboxylic acid groups (broad SMARTS) is 1. The third-order valence-electron chi connectivity index (χ3n) is 4.28. The highest BCUT2D eigenvalue weighted by Crippen LogP contribution is 2.45. The first-order chi connectivity index (χ1) is 13.1. The minimum atomic E-state index is -1.13. The van der Waals surface area contributed by atoms with Crippen molar-refractivity contribution in [2.45, 2.75) is 47.1 Å². The molecule has 28 heavy (non-hydrogen) atoms. The van der Waals surface area contributed by atoms with Crippen molar-refractivity contribution in [3.8, 4) is 28.4 Å². The van der Waals surface area contributed by atoms with Crippen LogP contribution in [0.4, 0.5) is 0 Å². The minimum Gasteiger partial charge on any atom is -0.493 e. The number of unbranched alkanes of at least 4 members (excludes halogenated alkanes) is 1. The van der Waals surface area contributed by atoms with E-state index in [0.717, 1.165) is 12.8 Å². The number of aromatic nitrogens is 1. The average molecular weight is 391 g/mol. The summed E-state index contributed by atoms with van der Waals surface area (Å²) >= 11 is 0. The van der Waals surface area contributed by atoms with Gasteiger partial charge >= 0.3 is 5.97 Å². The van der Waals surface area contributed by atoms with Gasteiger partial charge in [0, 0.05) is 18.8 Å². The van der Waals surface area contributed by atoms with E-state index in [9.17, 15) is 14.7 Å². The van der Waals surface area contributed by atoms with E-state index in [0.29, 0.717) is 24.3 Å². The van der Waals surface area contributed by atoms with E-state index in [2.05, 4.69) is 0 Å². The van der Waals surface area contributed by atoms with E-state index >= 15 is 0 Å². The molecule has 0 bridgehead atoms. The van der Waals surface area contributed by atoms with Crippen LogP contribution < -0.4 is 19.6 Å². The second kappa shape index (κ2) is 8.54. The number of nitrogens with zero attached hydrogens (tertiary/aromatic N) is 1. The molecule has 0 fully saturated rings. The Labute approximate surface area is 165 Å². The predicted octanol–water partition coefficient (Wildman–Crippen LogP) is 3.89. The second-order valence-electron chi connectivity index (χ2n) is 7.90. The molecule has 0 aromatic rings. The van der Waals surface area contributed by atoms with Gasteiger partial charge in [-0.1, -0.05) is 34.1 Å². The minimum absolute atomic E-state index is 0.00974. The molecule has 0 aromatic carbocycles. The molecule has 0 saturated carbocycles. The Bertz CT molecular complexity index is 878. The van der Waals surface area contributed by atoms with Gasteiger partial charge in [-0.2, -0.15) is 0 Å². The van der Waals surface area contributed by atoms with Crippen LogP contribution in [0.1, 0.15) is 51.0 Å². The average Bonchev–Trinajstić information content (AvgIpc) is 2.60. The van der Waals surface area contributed by atoms with Crippen LogP contribution >= 0.6 is 0 Å². The maximum atomic E-state index is 12.8. The van der Waals surface area contributed by atoms with Gasteiger partial charge in [-0.3, -0.25) is 4.79 Å². The molecule has 7 heteroatoms. The van der Waals surface area contributed by atoms with Crippen molar-refractivity contribution in [1.82, 2.24) is 4.57 Å². The molecule has 0 unspecified atom stereocenters. The number of rotatable bonds is 8. The first-order valence-electron chi connectivity index (χ1n) is 9.32. The van der Waals surface area contributed by atoms with Crippen LogP contribution in [0.15, 0.2) is 17.1 Å². The Hall–Kier alpha value is -2.70. The van der Waals surface area contributed by atoms with Gasteiger partial charge in [0.1, 0.15) is 0 Å². The number of hydrogen-bond donors (Lipinski definition) is 1. The lowest BCUT2D eigenvalue weighted by atomic mass is 9.95. The molecule has 1 aliphatic heterocycles. The fourth-order valence-electron chi connectivity index (χ4n) is 3.12. The van der Waals surface area contributed by atoms with Crippen LogP contribution in [0.5, 0.6) is 17.2 Å². The van der Waals surface area contributed by atoms with Crippen molar-refractivity contribution in [2.75, 3.05) is 20.8 Å². The van der Waals surface area contributed by atoms with Gasteiger partial charge in [0.15, 0.2) is 28.4 Å². The molecule has 154 valence electrons. The van der Waals surface area contributed by atoms with Crippen LogP contribution in [0, 0.1) is 5.41 Å².